The smallest absolute Gasteiger partial charge is 0.223 e. The van der Waals surface area contributed by atoms with Crippen molar-refractivity contribution >= 4 is 36.3 Å². The first-order valence-corrected chi connectivity index (χ1v) is 6.72. The highest BCUT2D eigenvalue weighted by Crippen LogP contribution is 2.34. The predicted molar refractivity (Wildman–Crippen MR) is 53.3 cm³/mol. The average molecular weight is 287 g/mol. The van der Waals surface area contributed by atoms with E-state index in [4.69, 9.17) is 4.18 Å². The molecule has 0 aromatic rings. The van der Waals surface area contributed by atoms with Crippen molar-refractivity contribution in [2.75, 3.05) is 7.05 Å². The Bertz CT molecular complexity index is 150. The van der Waals surface area contributed by atoms with Crippen molar-refractivity contribution in [1.29, 1.82) is 0 Å². The Morgan fingerprint density at radius 1 is 1.73 bits per heavy atom. The predicted octanol–water partition coefficient (Wildman–Crippen LogP) is 1.53. The first-order valence-electron chi connectivity index (χ1n) is 3.43. The standard InChI is InChI=1S/C6H10INO2S/c1-8-6(9)4-2-5(3-4)10-11-7/h4-5H,2-3H2,1H3,(H,8,9). The fraction of sp³-hybridized carbons (Fsp3) is 0.833. The van der Waals surface area contributed by atoms with Crippen LogP contribution in [0, 0.1) is 5.92 Å². The minimum Gasteiger partial charge on any atom is -0.359 e. The van der Waals surface area contributed by atoms with E-state index in [0.29, 0.717) is 6.10 Å². The summed E-state index contributed by atoms with van der Waals surface area (Å²) < 4.78 is 5.23. The van der Waals surface area contributed by atoms with E-state index in [9.17, 15) is 4.79 Å². The number of hydrogen-bond donors (Lipinski definition) is 1. The largest absolute Gasteiger partial charge is 0.359 e. The molecule has 0 unspecified atom stereocenters. The quantitative estimate of drug-likeness (QED) is 0.632. The minimum absolute atomic E-state index is 0.142. The molecule has 0 radical (unpaired) electrons. The molecule has 1 aliphatic carbocycles. The average Bonchev–Trinajstić information content (AvgIpc) is 1.94. The van der Waals surface area contributed by atoms with Crippen LogP contribution in [0.5, 0.6) is 0 Å². The number of rotatable bonds is 3. The highest BCUT2D eigenvalue weighted by atomic mass is 127. The zero-order valence-corrected chi connectivity index (χ0v) is 9.15. The molecule has 0 heterocycles. The number of halogens is 1. The van der Waals surface area contributed by atoms with E-state index in [1.807, 2.05) is 0 Å². The van der Waals surface area contributed by atoms with Crippen LogP contribution >= 0.6 is 30.4 Å². The van der Waals surface area contributed by atoms with E-state index in [2.05, 4.69) is 26.5 Å². The van der Waals surface area contributed by atoms with Gasteiger partial charge in [0.05, 0.1) is 15.3 Å². The molecule has 1 saturated carbocycles. The summed E-state index contributed by atoms with van der Waals surface area (Å²) in [6, 6.07) is 0. The lowest BCUT2D eigenvalue weighted by atomic mass is 9.82. The maximum absolute atomic E-state index is 11.0. The Kier molecular flexibility index (Phi) is 3.94. The van der Waals surface area contributed by atoms with E-state index in [0.717, 1.165) is 12.8 Å². The summed E-state index contributed by atoms with van der Waals surface area (Å²) in [5, 5.41) is 2.63. The normalized spacial score (nSPS) is 29.3. The van der Waals surface area contributed by atoms with Crippen LogP contribution in [-0.2, 0) is 8.98 Å². The summed E-state index contributed by atoms with van der Waals surface area (Å²) >= 11 is 2.09. The van der Waals surface area contributed by atoms with Gasteiger partial charge in [-0.15, -0.1) is 0 Å². The summed E-state index contributed by atoms with van der Waals surface area (Å²) in [7, 11) is 3.02. The zero-order valence-electron chi connectivity index (χ0n) is 6.17. The molecule has 0 aromatic carbocycles. The van der Waals surface area contributed by atoms with Crippen LogP contribution in [0.25, 0.3) is 0 Å². The molecule has 0 spiro atoms. The van der Waals surface area contributed by atoms with Crippen molar-refractivity contribution < 1.29 is 8.98 Å². The highest BCUT2D eigenvalue weighted by molar-refractivity contribution is 14.2. The third kappa shape index (κ3) is 2.48. The molecule has 0 aliphatic heterocycles. The van der Waals surface area contributed by atoms with Crippen molar-refractivity contribution in [2.24, 2.45) is 5.92 Å². The molecule has 0 bridgehead atoms. The second kappa shape index (κ2) is 4.51. The number of amides is 1. The van der Waals surface area contributed by atoms with E-state index in [1.54, 1.807) is 7.05 Å². The lowest BCUT2D eigenvalue weighted by Gasteiger charge is -2.31. The molecular formula is C6H10INO2S. The monoisotopic (exact) mass is 287 g/mol. The SMILES string of the molecule is CNC(=O)C1CC(OSI)C1. The van der Waals surface area contributed by atoms with Crippen molar-refractivity contribution in [3.8, 4) is 0 Å². The van der Waals surface area contributed by atoms with Crippen molar-refractivity contribution in [1.82, 2.24) is 5.32 Å². The van der Waals surface area contributed by atoms with Crippen LogP contribution in [0.3, 0.4) is 0 Å². The molecule has 0 aromatic heterocycles. The zero-order chi connectivity index (χ0) is 8.27. The number of carbonyl (C=O) groups excluding carboxylic acids is 1. The molecule has 1 fully saturated rings. The minimum atomic E-state index is 0.142. The molecule has 3 nitrogen and oxygen atoms in total. The number of nitrogens with one attached hydrogen (secondary N) is 1. The molecule has 1 N–H and O–H groups in total. The first kappa shape index (κ1) is 9.60. The Balaban J connectivity index is 2.13. The van der Waals surface area contributed by atoms with Gasteiger partial charge in [-0.25, -0.2) is 0 Å². The van der Waals surface area contributed by atoms with Crippen LogP contribution in [0.1, 0.15) is 12.8 Å². The van der Waals surface area contributed by atoms with Gasteiger partial charge in [-0.2, -0.15) is 0 Å². The Labute approximate surface area is 82.4 Å². The summed E-state index contributed by atoms with van der Waals surface area (Å²) in [5.74, 6) is 0.330. The van der Waals surface area contributed by atoms with Crippen LogP contribution in [0.15, 0.2) is 0 Å². The van der Waals surface area contributed by atoms with Gasteiger partial charge < -0.3 is 9.50 Å². The van der Waals surface area contributed by atoms with Crippen molar-refractivity contribution in [3.63, 3.8) is 0 Å². The van der Waals surface area contributed by atoms with Crippen LogP contribution < -0.4 is 5.32 Å². The van der Waals surface area contributed by atoms with Gasteiger partial charge in [0, 0.05) is 34.2 Å². The van der Waals surface area contributed by atoms with Crippen LogP contribution in [0.2, 0.25) is 0 Å². The molecule has 1 aliphatic rings. The number of carbonyl (C=O) groups is 1. The van der Waals surface area contributed by atoms with Gasteiger partial charge in [0.15, 0.2) is 0 Å². The fourth-order valence-electron chi connectivity index (χ4n) is 1.11. The van der Waals surface area contributed by atoms with Gasteiger partial charge in [0.2, 0.25) is 5.91 Å². The molecule has 1 rings (SSSR count). The molecule has 0 saturated heterocycles. The van der Waals surface area contributed by atoms with Gasteiger partial charge in [0.1, 0.15) is 0 Å². The third-order valence-electron chi connectivity index (χ3n) is 1.88. The molecular weight excluding hydrogens is 277 g/mol. The van der Waals surface area contributed by atoms with Gasteiger partial charge >= 0.3 is 0 Å². The Morgan fingerprint density at radius 3 is 2.82 bits per heavy atom. The Hall–Kier alpha value is 0.510. The van der Waals surface area contributed by atoms with Gasteiger partial charge in [0.25, 0.3) is 0 Å². The number of hydrogen-bond acceptors (Lipinski definition) is 3. The third-order valence-corrected chi connectivity index (χ3v) is 2.85. The molecule has 1 amide bonds. The Morgan fingerprint density at radius 2 is 2.36 bits per heavy atom. The first-order chi connectivity index (χ1) is 5.27. The molecule has 11 heavy (non-hydrogen) atoms. The summed E-state index contributed by atoms with van der Waals surface area (Å²) in [6.07, 6.45) is 2.03. The van der Waals surface area contributed by atoms with E-state index in [-0.39, 0.29) is 11.8 Å². The second-order valence-corrected chi connectivity index (χ2v) is 3.96. The summed E-state index contributed by atoms with van der Waals surface area (Å²) in [5.41, 5.74) is 0. The summed E-state index contributed by atoms with van der Waals surface area (Å²) in [4.78, 5) is 11.0. The highest BCUT2D eigenvalue weighted by Gasteiger charge is 2.34. The maximum Gasteiger partial charge on any atom is 0.223 e. The van der Waals surface area contributed by atoms with Crippen LogP contribution in [-0.4, -0.2) is 19.1 Å². The van der Waals surface area contributed by atoms with Crippen molar-refractivity contribution in [3.05, 3.63) is 0 Å². The molecule has 64 valence electrons. The molecule has 5 heteroatoms. The lowest BCUT2D eigenvalue weighted by Crippen LogP contribution is -2.40. The van der Waals surface area contributed by atoms with Gasteiger partial charge in [-0.1, -0.05) is 0 Å². The summed E-state index contributed by atoms with van der Waals surface area (Å²) in [6.45, 7) is 0. The molecule has 0 atom stereocenters. The lowest BCUT2D eigenvalue weighted by molar-refractivity contribution is -0.129. The van der Waals surface area contributed by atoms with Crippen LogP contribution in [0.4, 0.5) is 0 Å². The van der Waals surface area contributed by atoms with E-state index >= 15 is 0 Å². The maximum atomic E-state index is 11.0. The van der Waals surface area contributed by atoms with E-state index in [1.165, 1.54) is 9.21 Å². The van der Waals surface area contributed by atoms with Gasteiger partial charge in [-0.3, -0.25) is 4.79 Å². The second-order valence-electron chi connectivity index (χ2n) is 2.56. The van der Waals surface area contributed by atoms with Gasteiger partial charge in [-0.05, 0) is 12.8 Å². The van der Waals surface area contributed by atoms with E-state index < -0.39 is 0 Å². The van der Waals surface area contributed by atoms with Crippen molar-refractivity contribution in [2.45, 2.75) is 18.9 Å². The fourth-order valence-corrected chi connectivity index (χ4v) is 2.25. The topological polar surface area (TPSA) is 38.3 Å².